The van der Waals surface area contributed by atoms with Crippen LogP contribution >= 0.6 is 0 Å². The highest BCUT2D eigenvalue weighted by Gasteiger charge is 2.24. The summed E-state index contributed by atoms with van der Waals surface area (Å²) in [6.45, 7) is 22.0. The van der Waals surface area contributed by atoms with E-state index in [1.807, 2.05) is 24.3 Å². The van der Waals surface area contributed by atoms with Crippen LogP contribution in [0, 0.1) is 0 Å². The molecule has 162 valence electrons. The largest absolute Gasteiger partial charge is 0.295 e. The van der Waals surface area contributed by atoms with Crippen molar-refractivity contribution in [3.05, 3.63) is 75.9 Å². The first-order valence-electron chi connectivity index (χ1n) is 10.0. The summed E-state index contributed by atoms with van der Waals surface area (Å²) in [5, 5.41) is 8.75. The van der Waals surface area contributed by atoms with Gasteiger partial charge in [0.25, 0.3) is 0 Å². The van der Waals surface area contributed by atoms with Gasteiger partial charge in [0.2, 0.25) is 6.29 Å². The Morgan fingerprint density at radius 3 is 1.37 bits per heavy atom. The van der Waals surface area contributed by atoms with Crippen molar-refractivity contribution in [2.75, 3.05) is 52.4 Å². The standard InChI is InChI=1S/C21H33N9/c1-5-9-26(10-6-2)13-15-28(16-14-27(11-7-3)12-8-4)21(29-19-22-17-24-29)30-20-23-18-25-30/h5-8,17-21H,1-4,9-16H2. The monoisotopic (exact) mass is 411 g/mol. The first-order chi connectivity index (χ1) is 14.7. The highest BCUT2D eigenvalue weighted by molar-refractivity contribution is 4.84. The molecule has 9 nitrogen and oxygen atoms in total. The first-order valence-corrected chi connectivity index (χ1v) is 10.0. The van der Waals surface area contributed by atoms with Crippen molar-refractivity contribution in [2.24, 2.45) is 0 Å². The summed E-state index contributed by atoms with van der Waals surface area (Å²) in [7, 11) is 0. The Balaban J connectivity index is 2.23. The van der Waals surface area contributed by atoms with E-state index in [9.17, 15) is 0 Å². The Morgan fingerprint density at radius 2 is 1.07 bits per heavy atom. The number of hydrogen-bond acceptors (Lipinski definition) is 7. The molecule has 0 atom stereocenters. The molecule has 9 heteroatoms. The molecule has 0 amide bonds. The van der Waals surface area contributed by atoms with E-state index in [1.165, 1.54) is 12.7 Å². The van der Waals surface area contributed by atoms with Crippen molar-refractivity contribution in [3.8, 4) is 0 Å². The van der Waals surface area contributed by atoms with Crippen molar-refractivity contribution in [2.45, 2.75) is 6.29 Å². The number of hydrogen-bond donors (Lipinski definition) is 0. The summed E-state index contributed by atoms with van der Waals surface area (Å²) in [4.78, 5) is 15.2. The molecule has 0 aliphatic rings. The number of nitrogens with zero attached hydrogens (tertiary/aromatic N) is 9. The Kier molecular flexibility index (Phi) is 10.4. The lowest BCUT2D eigenvalue weighted by Crippen LogP contribution is -2.46. The topological polar surface area (TPSA) is 71.1 Å². The summed E-state index contributed by atoms with van der Waals surface area (Å²) >= 11 is 0. The summed E-state index contributed by atoms with van der Waals surface area (Å²) in [6.07, 6.45) is 13.9. The molecule has 0 spiro atoms. The van der Waals surface area contributed by atoms with Gasteiger partial charge in [0, 0.05) is 52.4 Å². The zero-order chi connectivity index (χ0) is 21.6. The van der Waals surface area contributed by atoms with Crippen LogP contribution in [0.1, 0.15) is 6.29 Å². The van der Waals surface area contributed by atoms with Crippen molar-refractivity contribution in [1.29, 1.82) is 0 Å². The number of rotatable bonds is 17. The van der Waals surface area contributed by atoms with E-state index < -0.39 is 0 Å². The molecule has 0 aliphatic heterocycles. The molecule has 0 aliphatic carbocycles. The Morgan fingerprint density at radius 1 is 0.667 bits per heavy atom. The van der Waals surface area contributed by atoms with E-state index in [0.29, 0.717) is 0 Å². The molecule has 0 unspecified atom stereocenters. The van der Waals surface area contributed by atoms with Gasteiger partial charge in [-0.05, 0) is 0 Å². The zero-order valence-electron chi connectivity index (χ0n) is 17.7. The maximum atomic E-state index is 4.38. The molecule has 0 fully saturated rings. The fraction of sp³-hybridized carbons (Fsp3) is 0.429. The molecular weight excluding hydrogens is 378 g/mol. The predicted octanol–water partition coefficient (Wildman–Crippen LogP) is 1.52. The third-order valence-corrected chi connectivity index (χ3v) is 4.63. The molecule has 0 radical (unpaired) electrons. The molecular formula is C21H33N9. The molecule has 0 N–H and O–H groups in total. The van der Waals surface area contributed by atoms with Crippen molar-refractivity contribution >= 4 is 0 Å². The average Bonchev–Trinajstić information content (AvgIpc) is 3.45. The van der Waals surface area contributed by atoms with Crippen LogP contribution in [0.3, 0.4) is 0 Å². The van der Waals surface area contributed by atoms with Gasteiger partial charge in [0.05, 0.1) is 0 Å². The van der Waals surface area contributed by atoms with Crippen LogP contribution in [-0.4, -0.2) is 96.6 Å². The summed E-state index contributed by atoms with van der Waals surface area (Å²) in [5.74, 6) is 0. The van der Waals surface area contributed by atoms with Gasteiger partial charge < -0.3 is 0 Å². The lowest BCUT2D eigenvalue weighted by atomic mass is 10.3. The van der Waals surface area contributed by atoms with Gasteiger partial charge in [-0.3, -0.25) is 14.7 Å². The van der Waals surface area contributed by atoms with E-state index >= 15 is 0 Å². The SMILES string of the molecule is C=CCN(CC=C)CCN(CCN(CC=C)CC=C)C(n1cncn1)n1cncn1. The highest BCUT2D eigenvalue weighted by Crippen LogP contribution is 2.14. The van der Waals surface area contributed by atoms with Crippen molar-refractivity contribution in [3.63, 3.8) is 0 Å². The van der Waals surface area contributed by atoms with E-state index in [-0.39, 0.29) is 6.29 Å². The van der Waals surface area contributed by atoms with Crippen molar-refractivity contribution < 1.29 is 0 Å². The molecule has 0 saturated heterocycles. The van der Waals surface area contributed by atoms with Gasteiger partial charge in [-0.15, -0.1) is 26.3 Å². The Bertz CT molecular complexity index is 656. The summed E-state index contributed by atoms with van der Waals surface area (Å²) in [5.41, 5.74) is 0. The van der Waals surface area contributed by atoms with E-state index in [0.717, 1.165) is 52.4 Å². The van der Waals surface area contributed by atoms with Crippen LogP contribution in [0.15, 0.2) is 75.9 Å². The Labute approximate surface area is 179 Å². The maximum Gasteiger partial charge on any atom is 0.203 e. The molecule has 2 rings (SSSR count). The number of aromatic nitrogens is 6. The van der Waals surface area contributed by atoms with Crippen molar-refractivity contribution in [1.82, 2.24) is 44.2 Å². The highest BCUT2D eigenvalue weighted by atomic mass is 15.6. The lowest BCUT2D eigenvalue weighted by Gasteiger charge is -2.34. The Hall–Kier alpha value is -2.88. The normalized spacial score (nSPS) is 11.5. The van der Waals surface area contributed by atoms with Crippen LogP contribution in [0.5, 0.6) is 0 Å². The maximum absolute atomic E-state index is 4.38. The first kappa shape index (κ1) is 23.4. The van der Waals surface area contributed by atoms with Crippen LogP contribution in [0.25, 0.3) is 0 Å². The molecule has 2 aromatic heterocycles. The second-order valence-corrected chi connectivity index (χ2v) is 6.81. The molecule has 0 bridgehead atoms. The van der Waals surface area contributed by atoms with E-state index in [1.54, 1.807) is 22.0 Å². The summed E-state index contributed by atoms with van der Waals surface area (Å²) < 4.78 is 3.59. The van der Waals surface area contributed by atoms with Gasteiger partial charge in [0.1, 0.15) is 25.3 Å². The van der Waals surface area contributed by atoms with Crippen LogP contribution in [0.2, 0.25) is 0 Å². The third kappa shape index (κ3) is 7.18. The molecule has 2 heterocycles. The fourth-order valence-corrected chi connectivity index (χ4v) is 3.26. The quantitative estimate of drug-likeness (QED) is 0.366. The van der Waals surface area contributed by atoms with Gasteiger partial charge in [-0.2, -0.15) is 10.2 Å². The lowest BCUT2D eigenvalue weighted by molar-refractivity contribution is 0.0692. The molecule has 30 heavy (non-hydrogen) atoms. The molecule has 0 saturated carbocycles. The molecule has 0 aromatic carbocycles. The zero-order valence-corrected chi connectivity index (χ0v) is 17.7. The minimum atomic E-state index is -0.265. The van der Waals surface area contributed by atoms with Gasteiger partial charge in [0.15, 0.2) is 0 Å². The average molecular weight is 412 g/mol. The summed E-state index contributed by atoms with van der Waals surface area (Å²) in [6, 6.07) is 0. The van der Waals surface area contributed by atoms with Gasteiger partial charge in [-0.1, -0.05) is 24.3 Å². The van der Waals surface area contributed by atoms with Crippen LogP contribution in [-0.2, 0) is 0 Å². The third-order valence-electron chi connectivity index (χ3n) is 4.63. The second-order valence-electron chi connectivity index (χ2n) is 6.81. The van der Waals surface area contributed by atoms with E-state index in [4.69, 9.17) is 0 Å². The second kappa shape index (κ2) is 13.4. The van der Waals surface area contributed by atoms with Gasteiger partial charge >= 0.3 is 0 Å². The minimum absolute atomic E-state index is 0.265. The molecule has 2 aromatic rings. The smallest absolute Gasteiger partial charge is 0.203 e. The van der Waals surface area contributed by atoms with Gasteiger partial charge in [-0.25, -0.2) is 19.3 Å². The predicted molar refractivity (Wildman–Crippen MR) is 120 cm³/mol. The minimum Gasteiger partial charge on any atom is -0.295 e. The fourth-order valence-electron chi connectivity index (χ4n) is 3.26. The van der Waals surface area contributed by atoms with Crippen LogP contribution in [0.4, 0.5) is 0 Å². The van der Waals surface area contributed by atoms with Crippen LogP contribution < -0.4 is 0 Å². The van der Waals surface area contributed by atoms with E-state index in [2.05, 4.69) is 61.2 Å².